The zero-order valence-corrected chi connectivity index (χ0v) is 32.3. The van der Waals surface area contributed by atoms with Crippen molar-refractivity contribution in [3.05, 3.63) is 182 Å². The van der Waals surface area contributed by atoms with Gasteiger partial charge in [0.2, 0.25) is 0 Å². The van der Waals surface area contributed by atoms with E-state index in [2.05, 4.69) is 182 Å². The highest BCUT2D eigenvalue weighted by molar-refractivity contribution is 6.52. The maximum Gasteiger partial charge on any atom is -0.000717 e. The first-order chi connectivity index (χ1) is 28.8. The fourth-order valence-electron chi connectivity index (χ4n) is 11.2. The Morgan fingerprint density at radius 2 is 0.483 bits per heavy atom. The Hall–Kier alpha value is -7.28. The predicted molar refractivity (Wildman–Crippen MR) is 256 cm³/mol. The molecule has 268 valence electrons. The molecule has 0 heteroatoms. The van der Waals surface area contributed by atoms with E-state index in [0.717, 1.165) is 0 Å². The number of benzene rings is 14. The van der Waals surface area contributed by atoms with Crippen molar-refractivity contribution in [3.8, 4) is 11.1 Å². The SMILES string of the molecule is CC.c1ccc2c(-c3c4ccccc4c4c5c3cccc5c3ccc5c6cccc7cc8ccccc8c(c76)c6c7ccccc7c4c3c56)c3ccccc3cc2c1. The van der Waals surface area contributed by atoms with Crippen molar-refractivity contribution < 1.29 is 0 Å². The van der Waals surface area contributed by atoms with Crippen LogP contribution in [0.3, 0.4) is 0 Å². The molecule has 0 bridgehead atoms. The highest BCUT2D eigenvalue weighted by Gasteiger charge is 2.26. The second-order valence-electron chi connectivity index (χ2n) is 15.8. The molecule has 0 saturated heterocycles. The van der Waals surface area contributed by atoms with Gasteiger partial charge < -0.3 is 0 Å². The van der Waals surface area contributed by atoms with Gasteiger partial charge >= 0.3 is 0 Å². The zero-order chi connectivity index (χ0) is 38.2. The summed E-state index contributed by atoms with van der Waals surface area (Å²) < 4.78 is 0. The Morgan fingerprint density at radius 3 is 1.07 bits per heavy atom. The third kappa shape index (κ3) is 3.90. The molecule has 0 spiro atoms. The molecule has 58 heavy (non-hydrogen) atoms. The molecule has 0 aliphatic heterocycles. The zero-order valence-electron chi connectivity index (χ0n) is 32.3. The van der Waals surface area contributed by atoms with Gasteiger partial charge in [-0.15, -0.1) is 0 Å². The summed E-state index contributed by atoms with van der Waals surface area (Å²) in [4.78, 5) is 0. The van der Waals surface area contributed by atoms with Crippen LogP contribution in [0.4, 0.5) is 0 Å². The van der Waals surface area contributed by atoms with Crippen LogP contribution in [-0.2, 0) is 0 Å². The summed E-state index contributed by atoms with van der Waals surface area (Å²) in [5, 5.41) is 31.8. The van der Waals surface area contributed by atoms with Gasteiger partial charge in [0.25, 0.3) is 0 Å². The summed E-state index contributed by atoms with van der Waals surface area (Å²) in [6.07, 6.45) is 0. The van der Waals surface area contributed by atoms with E-state index in [1.54, 1.807) is 0 Å². The van der Waals surface area contributed by atoms with Crippen molar-refractivity contribution in [2.24, 2.45) is 0 Å². The van der Waals surface area contributed by atoms with Gasteiger partial charge in [-0.2, -0.15) is 0 Å². The highest BCUT2D eigenvalue weighted by Crippen LogP contribution is 2.55. The predicted octanol–water partition coefficient (Wildman–Crippen LogP) is 17.1. The van der Waals surface area contributed by atoms with Gasteiger partial charge in [-0.1, -0.05) is 184 Å². The first-order valence-corrected chi connectivity index (χ1v) is 20.7. The molecule has 14 rings (SSSR count). The Bertz CT molecular complexity index is 3980. The molecule has 0 aliphatic carbocycles. The minimum atomic E-state index is 1.27. The Morgan fingerprint density at radius 1 is 0.190 bits per heavy atom. The minimum absolute atomic E-state index is 1.27. The fraction of sp³-hybridized carbons (Fsp3) is 0.0345. The fourth-order valence-corrected chi connectivity index (χ4v) is 11.2. The third-order valence-corrected chi connectivity index (χ3v) is 13.2. The molecular weight excluding hydrogens is 697 g/mol. The first kappa shape index (κ1) is 31.9. The molecule has 0 N–H and O–H groups in total. The van der Waals surface area contributed by atoms with E-state index in [4.69, 9.17) is 0 Å². The van der Waals surface area contributed by atoms with Gasteiger partial charge in [0.1, 0.15) is 0 Å². The van der Waals surface area contributed by atoms with Gasteiger partial charge in [-0.05, 0) is 153 Å². The summed E-state index contributed by atoms with van der Waals surface area (Å²) >= 11 is 0. The second kappa shape index (κ2) is 11.6. The molecule has 0 fully saturated rings. The van der Waals surface area contributed by atoms with Crippen LogP contribution in [0.2, 0.25) is 0 Å². The number of hydrogen-bond acceptors (Lipinski definition) is 0. The normalized spacial score (nSPS) is 12.3. The van der Waals surface area contributed by atoms with Crippen LogP contribution in [0.25, 0.3) is 140 Å². The second-order valence-corrected chi connectivity index (χ2v) is 15.8. The van der Waals surface area contributed by atoms with E-state index in [0.29, 0.717) is 0 Å². The van der Waals surface area contributed by atoms with Crippen molar-refractivity contribution >= 4 is 129 Å². The number of fused-ring (bicyclic) bond motifs is 13. The third-order valence-electron chi connectivity index (χ3n) is 13.2. The van der Waals surface area contributed by atoms with Crippen molar-refractivity contribution in [1.29, 1.82) is 0 Å². The quantitative estimate of drug-likeness (QED) is 0.116. The summed E-state index contributed by atoms with van der Waals surface area (Å²) in [6, 6.07) is 68.9. The standard InChI is InChI=1S/C56H30.C2H6/c1-4-17-35-31(13-1)29-32-14-2-5-18-36(32)48(35)49-39-20-7-8-21-41(39)52-50-40(25-12-26-46(49)50)45-28-27-44-38-24-11-16-34-30-33-15-3-6-19-37(33)51(47(34)38)53-42-22-9-10-23-43(42)54(52)56(45)55(44)53;1-2/h1-30H;1-2H3. The van der Waals surface area contributed by atoms with E-state index in [-0.39, 0.29) is 0 Å². The van der Waals surface area contributed by atoms with E-state index >= 15 is 0 Å². The molecule has 14 aromatic rings. The minimum Gasteiger partial charge on any atom is -0.0683 e. The van der Waals surface area contributed by atoms with Crippen LogP contribution >= 0.6 is 0 Å². The molecular formula is C58H36. The Labute approximate surface area is 334 Å². The van der Waals surface area contributed by atoms with Gasteiger partial charge in [0, 0.05) is 0 Å². The van der Waals surface area contributed by atoms with Gasteiger partial charge in [-0.25, -0.2) is 0 Å². The van der Waals surface area contributed by atoms with Crippen molar-refractivity contribution in [2.45, 2.75) is 13.8 Å². The van der Waals surface area contributed by atoms with Crippen molar-refractivity contribution in [1.82, 2.24) is 0 Å². The largest absolute Gasteiger partial charge is 0.0683 e. The van der Waals surface area contributed by atoms with Gasteiger partial charge in [0.15, 0.2) is 0 Å². The molecule has 14 aromatic carbocycles. The van der Waals surface area contributed by atoms with Crippen LogP contribution < -0.4 is 0 Å². The molecule has 0 atom stereocenters. The summed E-state index contributed by atoms with van der Waals surface area (Å²) in [5.41, 5.74) is 2.63. The maximum atomic E-state index is 2.44. The molecule has 0 heterocycles. The van der Waals surface area contributed by atoms with E-state index in [1.165, 1.54) is 140 Å². The van der Waals surface area contributed by atoms with Crippen LogP contribution in [0.15, 0.2) is 182 Å². The maximum absolute atomic E-state index is 2.44. The van der Waals surface area contributed by atoms with Crippen molar-refractivity contribution in [3.63, 3.8) is 0 Å². The van der Waals surface area contributed by atoms with Gasteiger partial charge in [0.05, 0.1) is 0 Å². The molecule has 0 nitrogen and oxygen atoms in total. The Kier molecular flexibility index (Phi) is 6.39. The summed E-state index contributed by atoms with van der Waals surface area (Å²) in [7, 11) is 0. The summed E-state index contributed by atoms with van der Waals surface area (Å²) in [6.45, 7) is 4.00. The lowest BCUT2D eigenvalue weighted by molar-refractivity contribution is 1.50. The monoisotopic (exact) mass is 732 g/mol. The van der Waals surface area contributed by atoms with E-state index in [1.807, 2.05) is 13.8 Å². The highest BCUT2D eigenvalue weighted by atomic mass is 14.3. The molecule has 0 saturated carbocycles. The first-order valence-electron chi connectivity index (χ1n) is 20.7. The molecule has 0 radical (unpaired) electrons. The summed E-state index contributed by atoms with van der Waals surface area (Å²) in [5.74, 6) is 0. The van der Waals surface area contributed by atoms with Crippen LogP contribution in [-0.4, -0.2) is 0 Å². The molecule has 0 amide bonds. The average molecular weight is 733 g/mol. The smallest absolute Gasteiger partial charge is 0.000717 e. The van der Waals surface area contributed by atoms with Crippen molar-refractivity contribution in [2.75, 3.05) is 0 Å². The lowest BCUT2D eigenvalue weighted by Gasteiger charge is -2.25. The number of hydrogen-bond donors (Lipinski definition) is 0. The molecule has 0 unspecified atom stereocenters. The van der Waals surface area contributed by atoms with E-state index < -0.39 is 0 Å². The average Bonchev–Trinajstić information content (AvgIpc) is 3.29. The molecule has 0 aliphatic rings. The molecule has 0 aromatic heterocycles. The lowest BCUT2D eigenvalue weighted by atomic mass is 9.78. The Balaban J connectivity index is 0.00000173. The lowest BCUT2D eigenvalue weighted by Crippen LogP contribution is -1.96. The van der Waals surface area contributed by atoms with E-state index in [9.17, 15) is 0 Å². The van der Waals surface area contributed by atoms with Crippen LogP contribution in [0.1, 0.15) is 13.8 Å². The van der Waals surface area contributed by atoms with Crippen LogP contribution in [0, 0.1) is 0 Å². The van der Waals surface area contributed by atoms with Gasteiger partial charge in [-0.3, -0.25) is 0 Å². The van der Waals surface area contributed by atoms with Crippen LogP contribution in [0.5, 0.6) is 0 Å². The topological polar surface area (TPSA) is 0 Å². The number of rotatable bonds is 1.